The summed E-state index contributed by atoms with van der Waals surface area (Å²) >= 11 is 0. The number of carbonyl (C=O) groups excluding carboxylic acids is 2. The maximum absolute atomic E-state index is 14.0. The predicted octanol–water partition coefficient (Wildman–Crippen LogP) is 2.50. The summed E-state index contributed by atoms with van der Waals surface area (Å²) in [4.78, 5) is 25.3. The van der Waals surface area contributed by atoms with Gasteiger partial charge in [-0.05, 0) is 26.0 Å². The van der Waals surface area contributed by atoms with Crippen LogP contribution in [0.2, 0.25) is 0 Å². The second kappa shape index (κ2) is 6.13. The predicted molar refractivity (Wildman–Crippen MR) is 74.7 cm³/mol. The number of nitrogens with zero attached hydrogens (tertiary/aromatic N) is 1. The molecule has 0 aliphatic carbocycles. The van der Waals surface area contributed by atoms with Gasteiger partial charge in [-0.15, -0.1) is 0 Å². The fourth-order valence-electron chi connectivity index (χ4n) is 2.31. The molecule has 2 rings (SSSR count). The third-order valence-corrected chi connectivity index (χ3v) is 3.54. The molecule has 0 aromatic heterocycles. The molecule has 1 aliphatic heterocycles. The number of urea groups is 1. The summed E-state index contributed by atoms with van der Waals surface area (Å²) in [5.74, 6) is -2.41. The summed E-state index contributed by atoms with van der Waals surface area (Å²) in [6.45, 7) is 3.26. The van der Waals surface area contributed by atoms with E-state index in [9.17, 15) is 18.4 Å². The van der Waals surface area contributed by atoms with Crippen LogP contribution in [-0.2, 0) is 9.53 Å². The van der Waals surface area contributed by atoms with Crippen LogP contribution < -0.4 is 5.32 Å². The van der Waals surface area contributed by atoms with Gasteiger partial charge in [0, 0.05) is 12.7 Å². The Labute approximate surface area is 126 Å². The van der Waals surface area contributed by atoms with Crippen molar-refractivity contribution in [2.45, 2.75) is 19.9 Å². The molecular weight excluding hydrogens is 294 g/mol. The number of carbonyl (C=O) groups is 2. The Kier molecular flexibility index (Phi) is 4.44. The lowest BCUT2D eigenvalue weighted by Crippen LogP contribution is -2.46. The second-order valence-corrected chi connectivity index (χ2v) is 4.80. The van der Waals surface area contributed by atoms with Crippen LogP contribution in [0.25, 0.3) is 0 Å². The molecule has 0 bridgehead atoms. The van der Waals surface area contributed by atoms with Gasteiger partial charge in [0.05, 0.1) is 23.8 Å². The molecule has 0 unspecified atom stereocenters. The number of nitrogens with one attached hydrogen (secondary N) is 1. The molecule has 0 saturated carbocycles. The number of hydrogen-bond donors (Lipinski definition) is 1. The average Bonchev–Trinajstić information content (AvgIpc) is 2.45. The molecule has 22 heavy (non-hydrogen) atoms. The Hall–Kier alpha value is -2.44. The molecule has 7 heteroatoms. The van der Waals surface area contributed by atoms with Crippen molar-refractivity contribution in [2.75, 3.05) is 13.7 Å². The average molecular weight is 310 g/mol. The summed E-state index contributed by atoms with van der Waals surface area (Å²) in [5.41, 5.74) is -0.0887. The van der Waals surface area contributed by atoms with Crippen molar-refractivity contribution in [3.8, 4) is 0 Å². The maximum Gasteiger partial charge on any atom is 0.338 e. The van der Waals surface area contributed by atoms with Crippen molar-refractivity contribution in [2.24, 2.45) is 0 Å². The highest BCUT2D eigenvalue weighted by Crippen LogP contribution is 2.33. The molecule has 2 amide bonds. The molecular formula is C15H16F2N2O3. The van der Waals surface area contributed by atoms with Crippen LogP contribution in [-0.4, -0.2) is 30.6 Å². The summed E-state index contributed by atoms with van der Waals surface area (Å²) in [5, 5.41) is 2.43. The molecule has 118 valence electrons. The van der Waals surface area contributed by atoms with E-state index in [1.54, 1.807) is 6.92 Å². The molecule has 1 atom stereocenters. The van der Waals surface area contributed by atoms with Crippen molar-refractivity contribution in [1.29, 1.82) is 0 Å². The smallest absolute Gasteiger partial charge is 0.338 e. The summed E-state index contributed by atoms with van der Waals surface area (Å²) in [6.07, 6.45) is 0. The van der Waals surface area contributed by atoms with Crippen LogP contribution in [0.4, 0.5) is 13.6 Å². The van der Waals surface area contributed by atoms with E-state index in [1.165, 1.54) is 24.9 Å². The van der Waals surface area contributed by atoms with Gasteiger partial charge in [0.1, 0.15) is 11.6 Å². The van der Waals surface area contributed by atoms with Crippen LogP contribution in [0, 0.1) is 11.6 Å². The molecule has 1 aromatic rings. The standard InChI is InChI=1S/C15H16F2N2O3/c1-4-22-14(20)11-8(2)19(3)15(21)18-13(11)12-9(16)6-5-7-10(12)17/h5-7,13H,4H2,1-3H3,(H,18,21)/t13-/m0/s1. The number of benzene rings is 1. The Bertz CT molecular complexity index is 638. The summed E-state index contributed by atoms with van der Waals surface area (Å²) in [6, 6.07) is 1.57. The highest BCUT2D eigenvalue weighted by Gasteiger charge is 2.37. The first-order valence-electron chi connectivity index (χ1n) is 6.74. The number of rotatable bonds is 3. The zero-order valence-electron chi connectivity index (χ0n) is 12.4. The van der Waals surface area contributed by atoms with Crippen molar-refractivity contribution >= 4 is 12.0 Å². The van der Waals surface area contributed by atoms with E-state index in [2.05, 4.69) is 5.32 Å². The van der Waals surface area contributed by atoms with Gasteiger partial charge in [-0.2, -0.15) is 0 Å². The van der Waals surface area contributed by atoms with Gasteiger partial charge in [0.25, 0.3) is 0 Å². The van der Waals surface area contributed by atoms with Gasteiger partial charge in [-0.25, -0.2) is 18.4 Å². The van der Waals surface area contributed by atoms with Gasteiger partial charge in [-0.1, -0.05) is 6.07 Å². The molecule has 1 aromatic carbocycles. The molecule has 0 fully saturated rings. The lowest BCUT2D eigenvalue weighted by molar-refractivity contribution is -0.139. The number of amides is 2. The van der Waals surface area contributed by atoms with E-state index >= 15 is 0 Å². The normalized spacial score (nSPS) is 18.3. The monoisotopic (exact) mass is 310 g/mol. The molecule has 0 saturated heterocycles. The van der Waals surface area contributed by atoms with E-state index in [-0.39, 0.29) is 23.4 Å². The van der Waals surface area contributed by atoms with Gasteiger partial charge >= 0.3 is 12.0 Å². The van der Waals surface area contributed by atoms with E-state index in [1.807, 2.05) is 0 Å². The maximum atomic E-state index is 14.0. The summed E-state index contributed by atoms with van der Waals surface area (Å²) < 4.78 is 33.0. The van der Waals surface area contributed by atoms with Crippen molar-refractivity contribution in [3.63, 3.8) is 0 Å². The Morgan fingerprint density at radius 1 is 1.36 bits per heavy atom. The minimum atomic E-state index is -1.23. The topological polar surface area (TPSA) is 58.6 Å². The number of allylic oxidation sites excluding steroid dienone is 1. The Morgan fingerprint density at radius 2 is 1.95 bits per heavy atom. The fraction of sp³-hybridized carbons (Fsp3) is 0.333. The number of esters is 1. The lowest BCUT2D eigenvalue weighted by Gasteiger charge is -2.33. The minimum Gasteiger partial charge on any atom is -0.463 e. The van der Waals surface area contributed by atoms with Crippen LogP contribution in [0.1, 0.15) is 25.5 Å². The SMILES string of the molecule is CCOC(=O)C1=C(C)N(C)C(=O)N[C@@H]1c1c(F)cccc1F. The third kappa shape index (κ3) is 2.66. The molecule has 0 radical (unpaired) electrons. The van der Waals surface area contributed by atoms with E-state index in [0.29, 0.717) is 0 Å². The van der Waals surface area contributed by atoms with Crippen LogP contribution in [0.3, 0.4) is 0 Å². The Morgan fingerprint density at radius 3 is 2.50 bits per heavy atom. The third-order valence-electron chi connectivity index (χ3n) is 3.54. The molecule has 5 nitrogen and oxygen atoms in total. The molecule has 1 heterocycles. The quantitative estimate of drug-likeness (QED) is 0.873. The van der Waals surface area contributed by atoms with E-state index in [0.717, 1.165) is 12.1 Å². The first-order valence-corrected chi connectivity index (χ1v) is 6.74. The lowest BCUT2D eigenvalue weighted by atomic mass is 9.94. The van der Waals surface area contributed by atoms with E-state index < -0.39 is 29.7 Å². The fourth-order valence-corrected chi connectivity index (χ4v) is 2.31. The van der Waals surface area contributed by atoms with E-state index in [4.69, 9.17) is 4.74 Å². The van der Waals surface area contributed by atoms with Crippen LogP contribution in [0.5, 0.6) is 0 Å². The molecule has 0 spiro atoms. The zero-order valence-corrected chi connectivity index (χ0v) is 12.4. The van der Waals surface area contributed by atoms with Crippen LogP contribution in [0.15, 0.2) is 29.5 Å². The highest BCUT2D eigenvalue weighted by atomic mass is 19.1. The highest BCUT2D eigenvalue weighted by molar-refractivity contribution is 5.95. The molecule has 1 N–H and O–H groups in total. The summed E-state index contributed by atoms with van der Waals surface area (Å²) in [7, 11) is 1.46. The van der Waals surface area contributed by atoms with Gasteiger partial charge in [0.2, 0.25) is 0 Å². The first-order chi connectivity index (χ1) is 10.4. The zero-order chi connectivity index (χ0) is 16.4. The van der Waals surface area contributed by atoms with Crippen molar-refractivity contribution < 1.29 is 23.1 Å². The number of hydrogen-bond acceptors (Lipinski definition) is 3. The Balaban J connectivity index is 2.61. The van der Waals surface area contributed by atoms with Crippen molar-refractivity contribution in [1.82, 2.24) is 10.2 Å². The first kappa shape index (κ1) is 15.9. The van der Waals surface area contributed by atoms with Gasteiger partial charge in [0.15, 0.2) is 0 Å². The van der Waals surface area contributed by atoms with Crippen molar-refractivity contribution in [3.05, 3.63) is 46.7 Å². The second-order valence-electron chi connectivity index (χ2n) is 4.80. The minimum absolute atomic E-state index is 0.00736. The van der Waals surface area contributed by atoms with Gasteiger partial charge < -0.3 is 15.0 Å². The van der Waals surface area contributed by atoms with Crippen LogP contribution >= 0.6 is 0 Å². The number of halogens is 2. The largest absolute Gasteiger partial charge is 0.463 e. The molecule has 1 aliphatic rings. The van der Waals surface area contributed by atoms with Gasteiger partial charge in [-0.3, -0.25) is 0 Å². The number of ether oxygens (including phenoxy) is 1.